The first-order chi connectivity index (χ1) is 4.65. The Kier molecular flexibility index (Phi) is 1.09. The lowest BCUT2D eigenvalue weighted by Gasteiger charge is -2.26. The summed E-state index contributed by atoms with van der Waals surface area (Å²) in [5.41, 5.74) is 8.12. The van der Waals surface area contributed by atoms with Gasteiger partial charge in [0.2, 0.25) is 0 Å². The predicted octanol–water partition coefficient (Wildman–Crippen LogP) is 1.74. The summed E-state index contributed by atoms with van der Waals surface area (Å²) in [5, 5.41) is 2.23. The highest BCUT2D eigenvalue weighted by Crippen LogP contribution is 2.73. The van der Waals surface area contributed by atoms with E-state index in [0.717, 1.165) is 0 Å². The fourth-order valence-electron chi connectivity index (χ4n) is 2.10. The molecule has 0 aromatic rings. The van der Waals surface area contributed by atoms with Gasteiger partial charge in [0.15, 0.2) is 0 Å². The fourth-order valence-corrected chi connectivity index (χ4v) is 2.81. The number of hydrogen-bond donors (Lipinski definition) is 1. The summed E-state index contributed by atoms with van der Waals surface area (Å²) in [6.45, 7) is 2.28. The normalized spacial score (nSPS) is 54.1. The van der Waals surface area contributed by atoms with Crippen LogP contribution in [0.2, 0.25) is 0 Å². The highest BCUT2D eigenvalue weighted by Gasteiger charge is 2.73. The van der Waals surface area contributed by atoms with Crippen LogP contribution in [0.3, 0.4) is 0 Å². The average Bonchev–Trinajstić information content (AvgIpc) is 2.20. The minimum Gasteiger partial charge on any atom is -0.321 e. The Bertz CT molecular complexity index is 193. The Morgan fingerprint density at radius 3 is 2.50 bits per heavy atom. The van der Waals surface area contributed by atoms with Gasteiger partial charge < -0.3 is 5.73 Å². The fraction of sp³-hybridized carbons (Fsp3) is 0.750. The number of hydrogen-bond acceptors (Lipinski definition) is 2. The van der Waals surface area contributed by atoms with E-state index >= 15 is 0 Å². The topological polar surface area (TPSA) is 26.0 Å². The van der Waals surface area contributed by atoms with Gasteiger partial charge in [-0.2, -0.15) is 0 Å². The second kappa shape index (κ2) is 1.62. The van der Waals surface area contributed by atoms with Gasteiger partial charge in [-0.25, -0.2) is 0 Å². The molecule has 10 heavy (non-hydrogen) atoms. The molecule has 56 valence electrons. The van der Waals surface area contributed by atoms with Crippen LogP contribution in [0.5, 0.6) is 0 Å². The minimum atomic E-state index is 0.135. The Hall–Kier alpha value is 0.0500. The molecule has 0 heterocycles. The molecule has 0 saturated heterocycles. The zero-order valence-electron chi connectivity index (χ0n) is 6.48. The smallest absolute Gasteiger partial charge is 0.0476 e. The van der Waals surface area contributed by atoms with Gasteiger partial charge in [-0.15, -0.1) is 11.8 Å². The Morgan fingerprint density at radius 2 is 2.20 bits per heavy atom. The van der Waals surface area contributed by atoms with Gasteiger partial charge >= 0.3 is 0 Å². The van der Waals surface area contributed by atoms with Gasteiger partial charge in [-0.1, -0.05) is 6.92 Å². The number of fused-ring (bicyclic) bond motifs is 1. The van der Waals surface area contributed by atoms with Crippen molar-refractivity contribution in [3.8, 4) is 0 Å². The SMILES string of the molecule is CSC=C1C2(C)CCC12N. The molecule has 0 radical (unpaired) electrons. The summed E-state index contributed by atoms with van der Waals surface area (Å²) in [4.78, 5) is 0. The maximum Gasteiger partial charge on any atom is 0.0476 e. The summed E-state index contributed by atoms with van der Waals surface area (Å²) in [6.07, 6.45) is 4.60. The number of thioether (sulfide) groups is 1. The molecule has 2 atom stereocenters. The van der Waals surface area contributed by atoms with E-state index in [-0.39, 0.29) is 5.54 Å². The average molecular weight is 155 g/mol. The first kappa shape index (κ1) is 6.74. The van der Waals surface area contributed by atoms with Crippen LogP contribution in [0.15, 0.2) is 11.0 Å². The summed E-state index contributed by atoms with van der Waals surface area (Å²) in [5.74, 6) is 0. The van der Waals surface area contributed by atoms with Crippen molar-refractivity contribution in [2.24, 2.45) is 11.1 Å². The maximum absolute atomic E-state index is 6.08. The van der Waals surface area contributed by atoms with E-state index in [1.54, 1.807) is 11.8 Å². The summed E-state index contributed by atoms with van der Waals surface area (Å²) < 4.78 is 0. The third-order valence-corrected chi connectivity index (χ3v) is 3.72. The quantitative estimate of drug-likeness (QED) is 0.624. The second-order valence-electron chi connectivity index (χ2n) is 3.57. The van der Waals surface area contributed by atoms with Crippen LogP contribution in [0.25, 0.3) is 0 Å². The molecule has 0 aromatic carbocycles. The Morgan fingerprint density at radius 1 is 1.60 bits per heavy atom. The van der Waals surface area contributed by atoms with E-state index in [1.165, 1.54) is 18.4 Å². The zero-order chi connectivity index (χ0) is 7.41. The van der Waals surface area contributed by atoms with Crippen LogP contribution in [0.1, 0.15) is 19.8 Å². The van der Waals surface area contributed by atoms with Crippen molar-refractivity contribution in [1.82, 2.24) is 0 Å². The van der Waals surface area contributed by atoms with Crippen molar-refractivity contribution in [2.75, 3.05) is 6.26 Å². The van der Waals surface area contributed by atoms with Crippen molar-refractivity contribution < 1.29 is 0 Å². The molecule has 2 aliphatic carbocycles. The van der Waals surface area contributed by atoms with E-state index in [4.69, 9.17) is 5.73 Å². The molecule has 2 unspecified atom stereocenters. The summed E-state index contributed by atoms with van der Waals surface area (Å²) >= 11 is 1.77. The molecule has 0 aliphatic heterocycles. The van der Waals surface area contributed by atoms with Crippen LogP contribution in [0, 0.1) is 5.41 Å². The lowest BCUT2D eigenvalue weighted by Crippen LogP contribution is -2.37. The van der Waals surface area contributed by atoms with Gasteiger partial charge in [-0.05, 0) is 30.1 Å². The molecule has 0 bridgehead atoms. The first-order valence-corrected chi connectivity index (χ1v) is 4.97. The van der Waals surface area contributed by atoms with Gasteiger partial charge in [0, 0.05) is 11.0 Å². The molecule has 2 saturated carbocycles. The van der Waals surface area contributed by atoms with Crippen LogP contribution in [0.4, 0.5) is 0 Å². The Labute approximate surface area is 66.1 Å². The molecule has 0 aromatic heterocycles. The summed E-state index contributed by atoms with van der Waals surface area (Å²) in [6, 6.07) is 0. The van der Waals surface area contributed by atoms with Crippen molar-refractivity contribution >= 4 is 11.8 Å². The number of nitrogens with two attached hydrogens (primary N) is 1. The third-order valence-electron chi connectivity index (χ3n) is 3.25. The van der Waals surface area contributed by atoms with Crippen LogP contribution < -0.4 is 5.73 Å². The van der Waals surface area contributed by atoms with Crippen molar-refractivity contribution in [1.29, 1.82) is 0 Å². The van der Waals surface area contributed by atoms with Gasteiger partial charge in [0.1, 0.15) is 0 Å². The molecule has 0 amide bonds. The van der Waals surface area contributed by atoms with Gasteiger partial charge in [0.05, 0.1) is 0 Å². The molecule has 1 nitrogen and oxygen atoms in total. The molecule has 2 N–H and O–H groups in total. The Balaban J connectivity index is 2.25. The highest BCUT2D eigenvalue weighted by atomic mass is 32.2. The van der Waals surface area contributed by atoms with Gasteiger partial charge in [-0.3, -0.25) is 0 Å². The molecule has 2 rings (SSSR count). The van der Waals surface area contributed by atoms with E-state index in [1.807, 2.05) is 0 Å². The minimum absolute atomic E-state index is 0.135. The van der Waals surface area contributed by atoms with E-state index < -0.39 is 0 Å². The highest BCUT2D eigenvalue weighted by molar-refractivity contribution is 8.01. The van der Waals surface area contributed by atoms with Gasteiger partial charge in [0.25, 0.3) is 0 Å². The van der Waals surface area contributed by atoms with E-state index in [0.29, 0.717) is 5.41 Å². The van der Waals surface area contributed by atoms with E-state index in [2.05, 4.69) is 18.6 Å². The van der Waals surface area contributed by atoms with Crippen LogP contribution >= 0.6 is 11.8 Å². The first-order valence-electron chi connectivity index (χ1n) is 3.68. The summed E-state index contributed by atoms with van der Waals surface area (Å²) in [7, 11) is 0. The lowest BCUT2D eigenvalue weighted by atomic mass is 9.82. The van der Waals surface area contributed by atoms with Crippen LogP contribution in [-0.4, -0.2) is 11.8 Å². The standard InChI is InChI=1S/C8H13NS/c1-7-3-4-8(7,9)6(7)5-10-2/h5H,3-4,9H2,1-2H3. The lowest BCUT2D eigenvalue weighted by molar-refractivity contribution is 0.281. The predicted molar refractivity (Wildman–Crippen MR) is 45.9 cm³/mol. The molecule has 2 fully saturated rings. The molecule has 2 heteroatoms. The molecular weight excluding hydrogens is 142 g/mol. The van der Waals surface area contributed by atoms with Crippen molar-refractivity contribution in [2.45, 2.75) is 25.3 Å². The number of rotatable bonds is 1. The van der Waals surface area contributed by atoms with Crippen LogP contribution in [-0.2, 0) is 0 Å². The molecular formula is C8H13NS. The molecule has 0 spiro atoms. The largest absolute Gasteiger partial charge is 0.321 e. The zero-order valence-corrected chi connectivity index (χ0v) is 7.29. The van der Waals surface area contributed by atoms with Crippen molar-refractivity contribution in [3.63, 3.8) is 0 Å². The monoisotopic (exact) mass is 155 g/mol. The maximum atomic E-state index is 6.08. The third kappa shape index (κ3) is 0.474. The molecule has 2 aliphatic rings. The van der Waals surface area contributed by atoms with E-state index in [9.17, 15) is 0 Å². The van der Waals surface area contributed by atoms with Crippen molar-refractivity contribution in [3.05, 3.63) is 11.0 Å². The second-order valence-corrected chi connectivity index (χ2v) is 4.28.